The van der Waals surface area contributed by atoms with Crippen molar-refractivity contribution in [3.05, 3.63) is 44.6 Å². The number of hydrogen-bond donors (Lipinski definition) is 1. The second-order valence-electron chi connectivity index (χ2n) is 4.89. The smallest absolute Gasteiger partial charge is 0.266 e. The number of sulfonamides is 1. The van der Waals surface area contributed by atoms with Gasteiger partial charge in [0.05, 0.1) is 4.34 Å². The Morgan fingerprint density at radius 1 is 1.16 bits per heavy atom. The summed E-state index contributed by atoms with van der Waals surface area (Å²) in [7, 11) is -4.09. The second-order valence-corrected chi connectivity index (χ2v) is 8.83. The summed E-state index contributed by atoms with van der Waals surface area (Å²) in [5, 5.41) is 0. The van der Waals surface area contributed by atoms with E-state index < -0.39 is 15.9 Å². The van der Waals surface area contributed by atoms with Crippen molar-refractivity contribution < 1.29 is 22.7 Å². The highest BCUT2D eigenvalue weighted by molar-refractivity contribution is 7.90. The maximum Gasteiger partial charge on any atom is 0.266 e. The Balaban J connectivity index is 1.72. The van der Waals surface area contributed by atoms with E-state index in [0.29, 0.717) is 30.3 Å². The normalized spacial score (nSPS) is 13.8. The molecule has 0 saturated heterocycles. The largest absolute Gasteiger partial charge is 0.486 e. The van der Waals surface area contributed by atoms with Crippen LogP contribution in [0.3, 0.4) is 0 Å². The first-order valence-corrected chi connectivity index (χ1v) is 10.00. The van der Waals surface area contributed by atoms with E-state index in [4.69, 9.17) is 32.7 Å². The standard InChI is InChI=1S/C15H11Cl2NO5S2/c16-13-8-12(15(17)24-13)25(20,21)18-14(19)4-2-9-1-3-10-11(7-9)23-6-5-22-10/h1-4,7-8H,5-6H2,(H,18,19). The van der Waals surface area contributed by atoms with Crippen molar-refractivity contribution in [2.45, 2.75) is 4.90 Å². The summed E-state index contributed by atoms with van der Waals surface area (Å²) in [6.07, 6.45) is 2.57. The molecule has 0 unspecified atom stereocenters. The predicted octanol–water partition coefficient (Wildman–Crippen LogP) is 3.34. The van der Waals surface area contributed by atoms with Gasteiger partial charge in [0.15, 0.2) is 11.5 Å². The molecule has 6 nitrogen and oxygen atoms in total. The van der Waals surface area contributed by atoms with Crippen molar-refractivity contribution in [1.82, 2.24) is 4.72 Å². The fourth-order valence-electron chi connectivity index (χ4n) is 2.07. The molecule has 2 heterocycles. The van der Waals surface area contributed by atoms with Gasteiger partial charge in [-0.3, -0.25) is 4.79 Å². The summed E-state index contributed by atoms with van der Waals surface area (Å²) in [5.74, 6) is 0.383. The molecule has 0 bridgehead atoms. The minimum absolute atomic E-state index is 0.0129. The van der Waals surface area contributed by atoms with E-state index in [1.165, 1.54) is 12.1 Å². The molecule has 10 heteroatoms. The van der Waals surface area contributed by atoms with Crippen molar-refractivity contribution in [2.24, 2.45) is 0 Å². The average Bonchev–Trinajstić information content (AvgIpc) is 2.92. The molecule has 3 rings (SSSR count). The first-order valence-electron chi connectivity index (χ1n) is 6.94. The van der Waals surface area contributed by atoms with Crippen LogP contribution in [0.1, 0.15) is 5.56 Å². The van der Waals surface area contributed by atoms with Gasteiger partial charge < -0.3 is 9.47 Å². The van der Waals surface area contributed by atoms with Gasteiger partial charge in [-0.25, -0.2) is 13.1 Å². The molecule has 0 saturated carbocycles. The predicted molar refractivity (Wildman–Crippen MR) is 96.1 cm³/mol. The highest BCUT2D eigenvalue weighted by Gasteiger charge is 2.22. The van der Waals surface area contributed by atoms with E-state index in [0.717, 1.165) is 17.4 Å². The first-order chi connectivity index (χ1) is 11.8. The maximum absolute atomic E-state index is 12.1. The quantitative estimate of drug-likeness (QED) is 0.768. The molecule has 0 spiro atoms. The summed E-state index contributed by atoms with van der Waals surface area (Å²) < 4.78 is 37.2. The highest BCUT2D eigenvalue weighted by atomic mass is 35.5. The number of amides is 1. The lowest BCUT2D eigenvalue weighted by Crippen LogP contribution is -2.28. The minimum Gasteiger partial charge on any atom is -0.486 e. The van der Waals surface area contributed by atoms with E-state index in [1.807, 2.05) is 4.72 Å². The van der Waals surface area contributed by atoms with Gasteiger partial charge in [0, 0.05) is 6.08 Å². The van der Waals surface area contributed by atoms with Crippen molar-refractivity contribution in [3.63, 3.8) is 0 Å². The third kappa shape index (κ3) is 4.27. The van der Waals surface area contributed by atoms with Crippen LogP contribution < -0.4 is 14.2 Å². The molecular formula is C15H11Cl2NO5S2. The number of hydrogen-bond acceptors (Lipinski definition) is 6. The molecule has 0 radical (unpaired) electrons. The number of nitrogens with one attached hydrogen (secondary N) is 1. The third-order valence-electron chi connectivity index (χ3n) is 3.14. The Kier molecular flexibility index (Phi) is 5.24. The van der Waals surface area contributed by atoms with Gasteiger partial charge in [0.2, 0.25) is 0 Å². The number of rotatable bonds is 4. The molecule has 2 aromatic rings. The molecule has 1 N–H and O–H groups in total. The van der Waals surface area contributed by atoms with Crippen LogP contribution in [0.25, 0.3) is 6.08 Å². The Bertz CT molecular complexity index is 953. The van der Waals surface area contributed by atoms with Gasteiger partial charge in [-0.1, -0.05) is 29.3 Å². The van der Waals surface area contributed by atoms with E-state index in [-0.39, 0.29) is 13.6 Å². The van der Waals surface area contributed by atoms with Crippen LogP contribution in [-0.4, -0.2) is 27.5 Å². The third-order valence-corrected chi connectivity index (χ3v) is 6.24. The SMILES string of the molecule is O=C(C=Cc1ccc2c(c1)OCCO2)NS(=O)(=O)c1cc(Cl)sc1Cl. The van der Waals surface area contributed by atoms with Crippen LogP contribution in [0.5, 0.6) is 11.5 Å². The Morgan fingerprint density at radius 3 is 2.56 bits per heavy atom. The zero-order valence-electron chi connectivity index (χ0n) is 12.5. The number of halogens is 2. The number of thiophene rings is 1. The molecular weight excluding hydrogens is 409 g/mol. The van der Waals surface area contributed by atoms with Crippen molar-refractivity contribution in [2.75, 3.05) is 13.2 Å². The van der Waals surface area contributed by atoms with Gasteiger partial charge in [-0.15, -0.1) is 11.3 Å². The van der Waals surface area contributed by atoms with Crippen molar-refractivity contribution >= 4 is 56.5 Å². The Morgan fingerprint density at radius 2 is 1.88 bits per heavy atom. The molecule has 0 aliphatic carbocycles. The molecule has 1 aromatic heterocycles. The summed E-state index contributed by atoms with van der Waals surface area (Å²) in [5.41, 5.74) is 0.661. The second kappa shape index (κ2) is 7.25. The lowest BCUT2D eigenvalue weighted by molar-refractivity contribution is -0.114. The fraction of sp³-hybridized carbons (Fsp3) is 0.133. The molecule has 132 valence electrons. The molecule has 0 fully saturated rings. The lowest BCUT2D eigenvalue weighted by Gasteiger charge is -2.18. The summed E-state index contributed by atoms with van der Waals surface area (Å²) in [6.45, 7) is 0.931. The van der Waals surface area contributed by atoms with Gasteiger partial charge >= 0.3 is 0 Å². The highest BCUT2D eigenvalue weighted by Crippen LogP contribution is 2.34. The van der Waals surface area contributed by atoms with Crippen molar-refractivity contribution in [3.8, 4) is 11.5 Å². The summed E-state index contributed by atoms with van der Waals surface area (Å²) in [6, 6.07) is 6.33. The lowest BCUT2D eigenvalue weighted by atomic mass is 10.2. The number of carbonyl (C=O) groups excluding carboxylic acids is 1. The number of ether oxygens (including phenoxy) is 2. The maximum atomic E-state index is 12.1. The van der Waals surface area contributed by atoms with Gasteiger partial charge in [0.1, 0.15) is 22.4 Å². The fourth-order valence-corrected chi connectivity index (χ4v) is 5.16. The van der Waals surface area contributed by atoms with Crippen LogP contribution in [0.2, 0.25) is 8.67 Å². The minimum atomic E-state index is -4.09. The van der Waals surface area contributed by atoms with Crippen LogP contribution in [0.4, 0.5) is 0 Å². The van der Waals surface area contributed by atoms with Crippen LogP contribution >= 0.6 is 34.5 Å². The summed E-state index contributed by atoms with van der Waals surface area (Å²) in [4.78, 5) is 11.7. The molecule has 1 aliphatic heterocycles. The van der Waals surface area contributed by atoms with Gasteiger partial charge in [-0.2, -0.15) is 0 Å². The number of benzene rings is 1. The summed E-state index contributed by atoms with van der Waals surface area (Å²) >= 11 is 12.4. The van der Waals surface area contributed by atoms with E-state index in [2.05, 4.69) is 0 Å². The van der Waals surface area contributed by atoms with E-state index in [1.54, 1.807) is 18.2 Å². The zero-order chi connectivity index (χ0) is 18.0. The van der Waals surface area contributed by atoms with Crippen LogP contribution in [0.15, 0.2) is 35.2 Å². The zero-order valence-corrected chi connectivity index (χ0v) is 15.6. The Labute approximate surface area is 158 Å². The molecule has 1 aromatic carbocycles. The topological polar surface area (TPSA) is 81.7 Å². The van der Waals surface area contributed by atoms with Gasteiger partial charge in [0.25, 0.3) is 15.9 Å². The van der Waals surface area contributed by atoms with Crippen LogP contribution in [0, 0.1) is 0 Å². The molecule has 1 amide bonds. The van der Waals surface area contributed by atoms with Crippen LogP contribution in [-0.2, 0) is 14.8 Å². The first kappa shape index (κ1) is 18.1. The monoisotopic (exact) mass is 419 g/mol. The average molecular weight is 420 g/mol. The Hall–Kier alpha value is -1.74. The van der Waals surface area contributed by atoms with Gasteiger partial charge in [-0.05, 0) is 29.8 Å². The molecule has 0 atom stereocenters. The van der Waals surface area contributed by atoms with Crippen molar-refractivity contribution in [1.29, 1.82) is 0 Å². The number of carbonyl (C=O) groups is 1. The van der Waals surface area contributed by atoms with E-state index in [9.17, 15) is 13.2 Å². The molecule has 1 aliphatic rings. The number of fused-ring (bicyclic) bond motifs is 1. The van der Waals surface area contributed by atoms with E-state index >= 15 is 0 Å². The molecule has 25 heavy (non-hydrogen) atoms.